The summed E-state index contributed by atoms with van der Waals surface area (Å²) in [5.41, 5.74) is 4.90. The molecule has 7 nitrogen and oxygen atoms in total. The van der Waals surface area contributed by atoms with Gasteiger partial charge in [0.25, 0.3) is 5.91 Å². The molecule has 0 aliphatic carbocycles. The Hall–Kier alpha value is -3.13. The van der Waals surface area contributed by atoms with Gasteiger partial charge in [0.15, 0.2) is 5.13 Å². The van der Waals surface area contributed by atoms with Crippen LogP contribution in [0.4, 0.5) is 10.8 Å². The van der Waals surface area contributed by atoms with Crippen molar-refractivity contribution < 1.29 is 9.59 Å². The molecule has 0 atom stereocenters. The molecule has 2 N–H and O–H groups in total. The van der Waals surface area contributed by atoms with Gasteiger partial charge in [-0.2, -0.15) is 0 Å². The highest BCUT2D eigenvalue weighted by atomic mass is 32.1. The number of nitrogens with one attached hydrogen (secondary N) is 2. The lowest BCUT2D eigenvalue weighted by atomic mass is 9.99. The largest absolute Gasteiger partial charge is 0.374 e. The molecule has 3 heterocycles. The first-order valence-corrected chi connectivity index (χ1v) is 11.7. The molecule has 0 unspecified atom stereocenters. The second-order valence-electron chi connectivity index (χ2n) is 9.12. The van der Waals surface area contributed by atoms with Crippen molar-refractivity contribution in [3.05, 3.63) is 53.2 Å². The van der Waals surface area contributed by atoms with Crippen molar-refractivity contribution >= 4 is 34.0 Å². The van der Waals surface area contributed by atoms with Gasteiger partial charge < -0.3 is 20.1 Å². The molecular formula is C24H29N5O2S. The number of carbonyl (C=O) groups excluding carboxylic acids is 2. The van der Waals surface area contributed by atoms with E-state index in [2.05, 4.69) is 66.5 Å². The van der Waals surface area contributed by atoms with E-state index < -0.39 is 0 Å². The number of aromatic nitrogens is 2. The van der Waals surface area contributed by atoms with Gasteiger partial charge in [0, 0.05) is 48.2 Å². The number of carbonyl (C=O) groups is 2. The van der Waals surface area contributed by atoms with E-state index in [0.29, 0.717) is 10.7 Å². The molecule has 2 aromatic heterocycles. The number of amides is 2. The van der Waals surface area contributed by atoms with Crippen LogP contribution in [0.25, 0.3) is 11.3 Å². The molecule has 0 spiro atoms. The molecule has 0 saturated carbocycles. The van der Waals surface area contributed by atoms with Gasteiger partial charge in [-0.1, -0.05) is 12.1 Å². The molecule has 0 bridgehead atoms. The third-order valence-electron chi connectivity index (χ3n) is 5.62. The predicted molar refractivity (Wildman–Crippen MR) is 130 cm³/mol. The fraction of sp³-hybridized carbons (Fsp3) is 0.375. The maximum absolute atomic E-state index is 12.4. The fourth-order valence-corrected chi connectivity index (χ4v) is 4.49. The van der Waals surface area contributed by atoms with Gasteiger partial charge >= 0.3 is 0 Å². The summed E-state index contributed by atoms with van der Waals surface area (Å²) in [6.07, 6.45) is 5.93. The normalized spacial score (nSPS) is 13.6. The molecule has 2 amide bonds. The Balaban J connectivity index is 1.34. The van der Waals surface area contributed by atoms with Gasteiger partial charge in [0.1, 0.15) is 0 Å². The maximum atomic E-state index is 12.4. The molecule has 168 valence electrons. The molecular weight excluding hydrogens is 422 g/mol. The van der Waals surface area contributed by atoms with Crippen molar-refractivity contribution in [3.63, 3.8) is 0 Å². The van der Waals surface area contributed by atoms with E-state index in [-0.39, 0.29) is 23.9 Å². The molecule has 3 aromatic rings. The minimum absolute atomic E-state index is 0.105. The van der Waals surface area contributed by atoms with Crippen molar-refractivity contribution in [1.82, 2.24) is 14.9 Å². The topological polar surface area (TPSA) is 79.3 Å². The second-order valence-corrected chi connectivity index (χ2v) is 9.97. The first-order chi connectivity index (χ1) is 15.2. The van der Waals surface area contributed by atoms with Crippen LogP contribution in [0.2, 0.25) is 0 Å². The number of hydrogen-bond donors (Lipinski definition) is 2. The highest BCUT2D eigenvalue weighted by Gasteiger charge is 2.17. The van der Waals surface area contributed by atoms with E-state index >= 15 is 0 Å². The van der Waals surface area contributed by atoms with Gasteiger partial charge in [0.05, 0.1) is 17.8 Å². The van der Waals surface area contributed by atoms with Crippen LogP contribution in [0, 0.1) is 0 Å². The Bertz CT molecular complexity index is 1140. The molecule has 1 aromatic carbocycles. The van der Waals surface area contributed by atoms with Crippen molar-refractivity contribution in [2.45, 2.75) is 39.2 Å². The zero-order valence-corrected chi connectivity index (χ0v) is 19.8. The van der Waals surface area contributed by atoms with Crippen LogP contribution in [0.3, 0.4) is 0 Å². The number of thiazole rings is 1. The third-order valence-corrected chi connectivity index (χ3v) is 6.38. The van der Waals surface area contributed by atoms with E-state index in [9.17, 15) is 9.59 Å². The van der Waals surface area contributed by atoms with Gasteiger partial charge in [-0.05, 0) is 51.3 Å². The quantitative estimate of drug-likeness (QED) is 0.612. The molecule has 8 heteroatoms. The minimum atomic E-state index is -0.306. The highest BCUT2D eigenvalue weighted by molar-refractivity contribution is 7.14. The summed E-state index contributed by atoms with van der Waals surface area (Å²) in [4.78, 5) is 31.5. The van der Waals surface area contributed by atoms with Crippen molar-refractivity contribution in [3.8, 4) is 11.3 Å². The van der Waals surface area contributed by atoms with Crippen LogP contribution in [0.5, 0.6) is 0 Å². The molecule has 4 rings (SSSR count). The summed E-state index contributed by atoms with van der Waals surface area (Å²) < 4.78 is 1.97. The predicted octanol–water partition coefficient (Wildman–Crippen LogP) is 4.12. The minimum Gasteiger partial charge on any atom is -0.374 e. The zero-order chi connectivity index (χ0) is 22.9. The van der Waals surface area contributed by atoms with Crippen LogP contribution in [0.1, 0.15) is 43.1 Å². The molecule has 1 aliphatic heterocycles. The molecule has 0 radical (unpaired) electrons. The summed E-state index contributed by atoms with van der Waals surface area (Å²) in [6, 6.07) is 8.17. The van der Waals surface area contributed by atoms with Crippen LogP contribution in [-0.4, -0.2) is 41.5 Å². The smallest absolute Gasteiger partial charge is 0.253 e. The number of fused-ring (bicyclic) bond motifs is 1. The Labute approximate surface area is 192 Å². The number of rotatable bonds is 5. The van der Waals surface area contributed by atoms with Crippen LogP contribution in [0.15, 0.2) is 42.0 Å². The SMILES string of the molecule is CN1CCCc2ccc(-c3csc(NC(=O)CNC(=O)c4ccn(C(C)(C)C)c4)n3)cc21. The van der Waals surface area contributed by atoms with Gasteiger partial charge in [0.2, 0.25) is 5.91 Å². The van der Waals surface area contributed by atoms with E-state index in [4.69, 9.17) is 0 Å². The fourth-order valence-electron chi connectivity index (χ4n) is 3.75. The van der Waals surface area contributed by atoms with Gasteiger partial charge in [-0.3, -0.25) is 9.59 Å². The van der Waals surface area contributed by atoms with Crippen molar-refractivity contribution in [1.29, 1.82) is 0 Å². The van der Waals surface area contributed by atoms with E-state index in [1.165, 1.54) is 29.0 Å². The number of hydrogen-bond acceptors (Lipinski definition) is 5. The lowest BCUT2D eigenvalue weighted by molar-refractivity contribution is -0.115. The first kappa shape index (κ1) is 22.1. The summed E-state index contributed by atoms with van der Waals surface area (Å²) in [5.74, 6) is -0.583. The number of benzene rings is 1. The van der Waals surface area contributed by atoms with Gasteiger partial charge in [-0.25, -0.2) is 4.98 Å². The first-order valence-electron chi connectivity index (χ1n) is 10.8. The standard InChI is InChI=1S/C24H29N5O2S/c1-24(2,3)29-11-9-18(14-29)22(31)25-13-21(30)27-23-26-19(15-32-23)17-8-7-16-6-5-10-28(4)20(16)12-17/h7-9,11-12,14-15H,5-6,10,13H2,1-4H3,(H,25,31)(H,26,27,30). The summed E-state index contributed by atoms with van der Waals surface area (Å²) in [5, 5.41) is 7.90. The second kappa shape index (κ2) is 8.78. The monoisotopic (exact) mass is 451 g/mol. The Morgan fingerprint density at radius 3 is 2.78 bits per heavy atom. The summed E-state index contributed by atoms with van der Waals surface area (Å²) >= 11 is 1.37. The Morgan fingerprint density at radius 2 is 2.03 bits per heavy atom. The number of aryl methyl sites for hydroxylation is 1. The molecule has 0 saturated heterocycles. The Kier molecular flexibility index (Phi) is 6.06. The van der Waals surface area contributed by atoms with Crippen LogP contribution < -0.4 is 15.5 Å². The lowest BCUT2D eigenvalue weighted by Gasteiger charge is -2.27. The van der Waals surface area contributed by atoms with Gasteiger partial charge in [-0.15, -0.1) is 11.3 Å². The van der Waals surface area contributed by atoms with E-state index in [1.54, 1.807) is 12.3 Å². The maximum Gasteiger partial charge on any atom is 0.253 e. The van der Waals surface area contributed by atoms with Crippen molar-refractivity contribution in [2.75, 3.05) is 30.4 Å². The number of anilines is 2. The summed E-state index contributed by atoms with van der Waals surface area (Å²) in [7, 11) is 2.11. The van der Waals surface area contributed by atoms with Crippen LogP contribution >= 0.6 is 11.3 Å². The van der Waals surface area contributed by atoms with Crippen LogP contribution in [-0.2, 0) is 16.8 Å². The van der Waals surface area contributed by atoms with E-state index in [1.807, 2.05) is 16.1 Å². The lowest BCUT2D eigenvalue weighted by Crippen LogP contribution is -2.32. The summed E-state index contributed by atoms with van der Waals surface area (Å²) in [6.45, 7) is 7.13. The highest BCUT2D eigenvalue weighted by Crippen LogP contribution is 2.32. The Morgan fingerprint density at radius 1 is 1.22 bits per heavy atom. The van der Waals surface area contributed by atoms with Crippen molar-refractivity contribution in [2.24, 2.45) is 0 Å². The average Bonchev–Trinajstić information content (AvgIpc) is 3.42. The average molecular weight is 452 g/mol. The molecule has 0 fully saturated rings. The zero-order valence-electron chi connectivity index (χ0n) is 18.9. The van der Waals surface area contributed by atoms with E-state index in [0.717, 1.165) is 24.2 Å². The third kappa shape index (κ3) is 4.85. The molecule has 32 heavy (non-hydrogen) atoms. The number of nitrogens with zero attached hydrogens (tertiary/aromatic N) is 3. The molecule has 1 aliphatic rings.